The van der Waals surface area contributed by atoms with Crippen LogP contribution < -0.4 is 20.7 Å². The van der Waals surface area contributed by atoms with Crippen LogP contribution >= 0.6 is 0 Å². The van der Waals surface area contributed by atoms with Crippen molar-refractivity contribution in [2.24, 2.45) is 0 Å². The van der Waals surface area contributed by atoms with Gasteiger partial charge in [-0.15, -0.1) is 0 Å². The van der Waals surface area contributed by atoms with Gasteiger partial charge in [-0.05, 0) is 45.4 Å². The first-order chi connectivity index (χ1) is 11.3. The molecule has 0 aliphatic heterocycles. The molecule has 1 amide bonds. The van der Waals surface area contributed by atoms with Gasteiger partial charge >= 0.3 is 0 Å². The molecular formula is C18H31N3O3. The summed E-state index contributed by atoms with van der Waals surface area (Å²) in [6, 6.07) is 7.70. The lowest BCUT2D eigenvalue weighted by molar-refractivity contribution is -0.124. The number of benzene rings is 1. The zero-order valence-electron chi connectivity index (χ0n) is 15.2. The maximum absolute atomic E-state index is 11.7. The maximum Gasteiger partial charge on any atom is 0.258 e. The van der Waals surface area contributed by atoms with E-state index >= 15 is 0 Å². The van der Waals surface area contributed by atoms with Gasteiger partial charge in [-0.3, -0.25) is 4.79 Å². The van der Waals surface area contributed by atoms with Gasteiger partial charge in [0.05, 0.1) is 6.10 Å². The number of ether oxygens (including phenoxy) is 1. The molecular weight excluding hydrogens is 306 g/mol. The Bertz CT molecular complexity index is 481. The number of nitrogens with one attached hydrogen (secondary N) is 3. The molecule has 6 nitrogen and oxygen atoms in total. The van der Waals surface area contributed by atoms with E-state index in [4.69, 9.17) is 9.84 Å². The number of rotatable bonds is 10. The Morgan fingerprint density at radius 3 is 2.38 bits per heavy atom. The van der Waals surface area contributed by atoms with E-state index in [9.17, 15) is 4.79 Å². The zero-order valence-corrected chi connectivity index (χ0v) is 15.2. The maximum atomic E-state index is 11.7. The Hall–Kier alpha value is -1.63. The highest BCUT2D eigenvalue weighted by Gasteiger charge is 2.13. The molecule has 0 fully saturated rings. The van der Waals surface area contributed by atoms with Gasteiger partial charge in [-0.25, -0.2) is 0 Å². The molecule has 0 heterocycles. The van der Waals surface area contributed by atoms with E-state index in [0.29, 0.717) is 12.3 Å². The van der Waals surface area contributed by atoms with Crippen LogP contribution in [0, 0.1) is 0 Å². The van der Waals surface area contributed by atoms with Crippen molar-refractivity contribution < 1.29 is 14.6 Å². The summed E-state index contributed by atoms with van der Waals surface area (Å²) in [6.07, 6.45) is -0.317. The van der Waals surface area contributed by atoms with E-state index in [1.807, 2.05) is 45.0 Å². The minimum absolute atomic E-state index is 0.0177. The normalized spacial score (nSPS) is 12.7. The Kier molecular flexibility index (Phi) is 8.74. The summed E-state index contributed by atoms with van der Waals surface area (Å²) in [5, 5.41) is 18.5. The van der Waals surface area contributed by atoms with Gasteiger partial charge in [-0.1, -0.05) is 12.1 Å². The SMILES string of the molecule is CC(O)CNCCNCc1ccc(OCC(=O)NC(C)(C)C)cc1. The number of aliphatic hydroxyl groups is 1. The van der Waals surface area contributed by atoms with Crippen LogP contribution in [0.25, 0.3) is 0 Å². The smallest absolute Gasteiger partial charge is 0.258 e. The molecule has 1 atom stereocenters. The average molecular weight is 337 g/mol. The van der Waals surface area contributed by atoms with Crippen LogP contribution in [0.2, 0.25) is 0 Å². The molecule has 1 rings (SSSR count). The third-order valence-corrected chi connectivity index (χ3v) is 3.06. The number of carbonyl (C=O) groups excluding carboxylic acids is 1. The van der Waals surface area contributed by atoms with Gasteiger partial charge in [0.25, 0.3) is 5.91 Å². The third kappa shape index (κ3) is 10.2. The molecule has 136 valence electrons. The first-order valence-electron chi connectivity index (χ1n) is 8.38. The summed E-state index contributed by atoms with van der Waals surface area (Å²) >= 11 is 0. The molecule has 0 aromatic heterocycles. The number of carbonyl (C=O) groups is 1. The lowest BCUT2D eigenvalue weighted by atomic mass is 10.1. The number of hydrogen-bond acceptors (Lipinski definition) is 5. The molecule has 6 heteroatoms. The van der Waals surface area contributed by atoms with Crippen molar-refractivity contribution in [2.45, 2.75) is 45.9 Å². The molecule has 1 aromatic rings. The monoisotopic (exact) mass is 337 g/mol. The quantitative estimate of drug-likeness (QED) is 0.480. The predicted molar refractivity (Wildman–Crippen MR) is 96.1 cm³/mol. The van der Waals surface area contributed by atoms with Crippen molar-refractivity contribution in [1.29, 1.82) is 0 Å². The van der Waals surface area contributed by atoms with Crippen LogP contribution in [0.5, 0.6) is 5.75 Å². The number of amides is 1. The topological polar surface area (TPSA) is 82.6 Å². The number of aliphatic hydroxyl groups excluding tert-OH is 1. The molecule has 0 aliphatic rings. The van der Waals surface area contributed by atoms with Gasteiger partial charge in [0.2, 0.25) is 0 Å². The van der Waals surface area contributed by atoms with Gasteiger partial charge < -0.3 is 25.8 Å². The van der Waals surface area contributed by atoms with Crippen LogP contribution in [-0.4, -0.2) is 48.9 Å². The second-order valence-electron chi connectivity index (χ2n) is 6.96. The molecule has 0 aliphatic carbocycles. The second kappa shape index (κ2) is 10.3. The summed E-state index contributed by atoms with van der Waals surface area (Å²) in [7, 11) is 0. The molecule has 0 saturated carbocycles. The molecule has 0 bridgehead atoms. The van der Waals surface area contributed by atoms with E-state index < -0.39 is 0 Å². The Morgan fingerprint density at radius 1 is 1.17 bits per heavy atom. The van der Waals surface area contributed by atoms with Crippen LogP contribution in [0.4, 0.5) is 0 Å². The summed E-state index contributed by atoms with van der Waals surface area (Å²) in [4.78, 5) is 11.7. The van der Waals surface area contributed by atoms with Gasteiger partial charge in [0, 0.05) is 31.7 Å². The van der Waals surface area contributed by atoms with Crippen LogP contribution in [-0.2, 0) is 11.3 Å². The van der Waals surface area contributed by atoms with Crippen molar-refractivity contribution in [1.82, 2.24) is 16.0 Å². The molecule has 1 unspecified atom stereocenters. The molecule has 1 aromatic carbocycles. The highest BCUT2D eigenvalue weighted by Crippen LogP contribution is 2.12. The summed E-state index contributed by atoms with van der Waals surface area (Å²) < 4.78 is 5.48. The van der Waals surface area contributed by atoms with Gasteiger partial charge in [-0.2, -0.15) is 0 Å². The summed E-state index contributed by atoms with van der Waals surface area (Å²) in [5.74, 6) is 0.555. The molecule has 24 heavy (non-hydrogen) atoms. The van der Waals surface area contributed by atoms with Crippen LogP contribution in [0.1, 0.15) is 33.3 Å². The van der Waals surface area contributed by atoms with Crippen molar-refractivity contribution in [3.05, 3.63) is 29.8 Å². The van der Waals surface area contributed by atoms with Crippen molar-refractivity contribution >= 4 is 5.91 Å². The Morgan fingerprint density at radius 2 is 1.79 bits per heavy atom. The Balaban J connectivity index is 2.22. The first-order valence-corrected chi connectivity index (χ1v) is 8.38. The highest BCUT2D eigenvalue weighted by molar-refractivity contribution is 5.78. The van der Waals surface area contributed by atoms with Crippen molar-refractivity contribution in [2.75, 3.05) is 26.2 Å². The minimum Gasteiger partial charge on any atom is -0.484 e. The first kappa shape index (κ1) is 20.4. The lowest BCUT2D eigenvalue weighted by Crippen LogP contribution is -2.43. The average Bonchev–Trinajstić information content (AvgIpc) is 2.48. The largest absolute Gasteiger partial charge is 0.484 e. The molecule has 0 radical (unpaired) electrons. The van der Waals surface area contributed by atoms with Crippen LogP contribution in [0.3, 0.4) is 0 Å². The molecule has 0 saturated heterocycles. The van der Waals surface area contributed by atoms with E-state index in [2.05, 4.69) is 16.0 Å². The molecule has 4 N–H and O–H groups in total. The minimum atomic E-state index is -0.317. The summed E-state index contributed by atoms with van der Waals surface area (Å²) in [5.41, 5.74) is 0.900. The van der Waals surface area contributed by atoms with E-state index in [-0.39, 0.29) is 24.2 Å². The zero-order chi connectivity index (χ0) is 18.0. The second-order valence-corrected chi connectivity index (χ2v) is 6.96. The van der Waals surface area contributed by atoms with Crippen molar-refractivity contribution in [3.8, 4) is 5.75 Å². The van der Waals surface area contributed by atoms with E-state index in [1.165, 1.54) is 0 Å². The fourth-order valence-corrected chi connectivity index (χ4v) is 2.03. The fraction of sp³-hybridized carbons (Fsp3) is 0.611. The van der Waals surface area contributed by atoms with Crippen molar-refractivity contribution in [3.63, 3.8) is 0 Å². The van der Waals surface area contributed by atoms with Crippen LogP contribution in [0.15, 0.2) is 24.3 Å². The fourth-order valence-electron chi connectivity index (χ4n) is 2.03. The third-order valence-electron chi connectivity index (χ3n) is 3.06. The number of hydrogen-bond donors (Lipinski definition) is 4. The van der Waals surface area contributed by atoms with Gasteiger partial charge in [0.15, 0.2) is 6.61 Å². The lowest BCUT2D eigenvalue weighted by Gasteiger charge is -2.20. The standard InChI is InChI=1S/C18H31N3O3/c1-14(22)11-19-9-10-20-12-15-5-7-16(8-6-15)24-13-17(23)21-18(2,3)4/h5-8,14,19-20,22H,9-13H2,1-4H3,(H,21,23). The summed E-state index contributed by atoms with van der Waals surface area (Å²) in [6.45, 7) is 10.6. The highest BCUT2D eigenvalue weighted by atomic mass is 16.5. The van der Waals surface area contributed by atoms with E-state index in [0.717, 1.165) is 25.2 Å². The van der Waals surface area contributed by atoms with Gasteiger partial charge in [0.1, 0.15) is 5.75 Å². The van der Waals surface area contributed by atoms with E-state index in [1.54, 1.807) is 6.92 Å². The Labute approximate surface area is 145 Å². The molecule has 0 spiro atoms. The predicted octanol–water partition coefficient (Wildman–Crippen LogP) is 1.04.